The topological polar surface area (TPSA) is 52.5 Å². The van der Waals surface area contributed by atoms with Crippen LogP contribution in [0.4, 0.5) is 13.2 Å². The number of nitrogens with zero attached hydrogens (tertiary/aromatic N) is 1. The molecule has 5 nitrogen and oxygen atoms in total. The van der Waals surface area contributed by atoms with Crippen LogP contribution < -0.4 is 10.1 Å². The Kier molecular flexibility index (Phi) is 6.79. The van der Waals surface area contributed by atoms with Crippen LogP contribution in [-0.4, -0.2) is 35.6 Å². The van der Waals surface area contributed by atoms with Gasteiger partial charge in [0.1, 0.15) is 5.75 Å². The maximum absolute atomic E-state index is 13.1. The molecule has 1 aromatic heterocycles. The van der Waals surface area contributed by atoms with E-state index in [4.69, 9.17) is 4.74 Å². The molecule has 1 saturated heterocycles. The summed E-state index contributed by atoms with van der Waals surface area (Å²) in [4.78, 5) is 13.1. The molecular formula is C24H29F3N2O3. The molecule has 4 rings (SSSR count). The van der Waals surface area contributed by atoms with E-state index in [-0.39, 0.29) is 23.8 Å². The molecule has 2 aliphatic rings. The predicted molar refractivity (Wildman–Crippen MR) is 115 cm³/mol. The zero-order valence-electron chi connectivity index (χ0n) is 18.2. The van der Waals surface area contributed by atoms with Gasteiger partial charge >= 0.3 is 6.36 Å². The summed E-state index contributed by atoms with van der Waals surface area (Å²) in [5, 5.41) is 3.12. The minimum Gasteiger partial charge on any atom is -0.405 e. The molecule has 1 N–H and O–H groups in total. The lowest BCUT2D eigenvalue weighted by atomic mass is 9.95. The van der Waals surface area contributed by atoms with E-state index in [1.807, 2.05) is 11.5 Å². The number of carbonyl (C=O) groups excluding carboxylic acids is 1. The van der Waals surface area contributed by atoms with Gasteiger partial charge in [0.2, 0.25) is 0 Å². The number of nitrogens with one attached hydrogen (secondary N) is 1. The fourth-order valence-corrected chi connectivity index (χ4v) is 4.73. The molecule has 1 aliphatic carbocycles. The fraction of sp³-hybridized carbons (Fsp3) is 0.542. The van der Waals surface area contributed by atoms with Crippen molar-refractivity contribution in [3.63, 3.8) is 0 Å². The number of carbonyl (C=O) groups is 1. The molecule has 0 spiro atoms. The summed E-state index contributed by atoms with van der Waals surface area (Å²) in [5.41, 5.74) is 2.00. The lowest BCUT2D eigenvalue weighted by molar-refractivity contribution is -0.274. The summed E-state index contributed by atoms with van der Waals surface area (Å²) >= 11 is 0. The summed E-state index contributed by atoms with van der Waals surface area (Å²) in [6, 6.07) is 7.87. The SMILES string of the molecule is Cc1c(C(=O)NC2CCCCC2)cc(-c2ccccc2OC(F)(F)F)n1C[C@@H]1CCCO1. The van der Waals surface area contributed by atoms with E-state index in [0.29, 0.717) is 35.7 Å². The van der Waals surface area contributed by atoms with Crippen molar-refractivity contribution in [2.75, 3.05) is 6.61 Å². The van der Waals surface area contributed by atoms with Crippen molar-refractivity contribution in [1.29, 1.82) is 0 Å². The summed E-state index contributed by atoms with van der Waals surface area (Å²) in [7, 11) is 0. The van der Waals surface area contributed by atoms with Crippen molar-refractivity contribution in [1.82, 2.24) is 9.88 Å². The van der Waals surface area contributed by atoms with Crippen molar-refractivity contribution in [3.8, 4) is 17.0 Å². The van der Waals surface area contributed by atoms with Gasteiger partial charge in [-0.05, 0) is 50.8 Å². The number of hydrogen-bond donors (Lipinski definition) is 1. The summed E-state index contributed by atoms with van der Waals surface area (Å²) in [6.45, 7) is 2.98. The van der Waals surface area contributed by atoms with E-state index >= 15 is 0 Å². The quantitative estimate of drug-likeness (QED) is 0.623. The molecule has 1 atom stereocenters. The van der Waals surface area contributed by atoms with E-state index in [0.717, 1.165) is 38.5 Å². The lowest BCUT2D eigenvalue weighted by Crippen LogP contribution is -2.36. The molecular weight excluding hydrogens is 421 g/mol. The van der Waals surface area contributed by atoms with Gasteiger partial charge in [0.25, 0.3) is 5.91 Å². The molecule has 1 amide bonds. The Labute approximate surface area is 185 Å². The van der Waals surface area contributed by atoms with Gasteiger partial charge in [-0.3, -0.25) is 4.79 Å². The van der Waals surface area contributed by atoms with Crippen LogP contribution in [0.2, 0.25) is 0 Å². The number of amides is 1. The van der Waals surface area contributed by atoms with Crippen molar-refractivity contribution in [2.45, 2.75) is 76.9 Å². The maximum Gasteiger partial charge on any atom is 0.573 e. The van der Waals surface area contributed by atoms with Gasteiger partial charge < -0.3 is 19.4 Å². The first-order valence-corrected chi connectivity index (χ1v) is 11.3. The highest BCUT2D eigenvalue weighted by Crippen LogP contribution is 2.36. The van der Waals surface area contributed by atoms with Crippen LogP contribution in [0, 0.1) is 6.92 Å². The second-order valence-electron chi connectivity index (χ2n) is 8.63. The minimum atomic E-state index is -4.81. The third-order valence-electron chi connectivity index (χ3n) is 6.35. The standard InChI is InChI=1S/C24H29F3N2O3/c1-16-20(23(30)28-17-8-3-2-4-9-17)14-21(29(16)15-18-10-7-13-31-18)19-11-5-6-12-22(19)32-24(25,26)27/h5-6,11-12,14,17-18H,2-4,7-10,13,15H2,1H3,(H,28,30)/t18-/m0/s1. The fourth-order valence-electron chi connectivity index (χ4n) is 4.73. The normalized spacial score (nSPS) is 19.8. The maximum atomic E-state index is 13.1. The number of para-hydroxylation sites is 1. The minimum absolute atomic E-state index is 0.0372. The largest absolute Gasteiger partial charge is 0.573 e. The number of halogens is 3. The predicted octanol–water partition coefficient (Wildman–Crippen LogP) is 5.60. The van der Waals surface area contributed by atoms with E-state index in [9.17, 15) is 18.0 Å². The molecule has 0 radical (unpaired) electrons. The second-order valence-corrected chi connectivity index (χ2v) is 8.63. The molecule has 1 aromatic carbocycles. The third-order valence-corrected chi connectivity index (χ3v) is 6.35. The second kappa shape index (κ2) is 9.57. The van der Waals surface area contributed by atoms with Crippen LogP contribution in [0.3, 0.4) is 0 Å². The smallest absolute Gasteiger partial charge is 0.405 e. The van der Waals surface area contributed by atoms with Crippen molar-refractivity contribution >= 4 is 5.91 Å². The van der Waals surface area contributed by atoms with Crippen LogP contribution in [0.5, 0.6) is 5.75 Å². The van der Waals surface area contributed by atoms with Gasteiger partial charge in [-0.2, -0.15) is 0 Å². The zero-order chi connectivity index (χ0) is 22.7. The Morgan fingerprint density at radius 1 is 1.16 bits per heavy atom. The van der Waals surface area contributed by atoms with Gasteiger partial charge in [-0.15, -0.1) is 13.2 Å². The zero-order valence-corrected chi connectivity index (χ0v) is 18.2. The molecule has 32 heavy (non-hydrogen) atoms. The number of benzene rings is 1. The lowest BCUT2D eigenvalue weighted by Gasteiger charge is -2.22. The molecule has 8 heteroatoms. The molecule has 1 saturated carbocycles. The van der Waals surface area contributed by atoms with Crippen molar-refractivity contribution in [2.24, 2.45) is 0 Å². The Hall–Kier alpha value is -2.48. The van der Waals surface area contributed by atoms with Crippen LogP contribution in [0.15, 0.2) is 30.3 Å². The van der Waals surface area contributed by atoms with E-state index in [1.54, 1.807) is 18.2 Å². The Morgan fingerprint density at radius 2 is 1.91 bits per heavy atom. The summed E-state index contributed by atoms with van der Waals surface area (Å²) < 4.78 is 51.0. The Bertz CT molecular complexity index is 942. The van der Waals surface area contributed by atoms with E-state index in [2.05, 4.69) is 10.1 Å². The third kappa shape index (κ3) is 5.28. The summed E-state index contributed by atoms with van der Waals surface area (Å²) in [5.74, 6) is -0.471. The van der Waals surface area contributed by atoms with Crippen molar-refractivity contribution < 1.29 is 27.4 Å². The van der Waals surface area contributed by atoms with Crippen LogP contribution >= 0.6 is 0 Å². The monoisotopic (exact) mass is 450 g/mol. The first-order chi connectivity index (χ1) is 15.3. The average Bonchev–Trinajstić information content (AvgIpc) is 3.37. The first kappa shape index (κ1) is 22.7. The number of ether oxygens (including phenoxy) is 2. The molecule has 0 bridgehead atoms. The Morgan fingerprint density at radius 3 is 2.59 bits per heavy atom. The van der Waals surface area contributed by atoms with Gasteiger partial charge in [-0.1, -0.05) is 31.4 Å². The Balaban J connectivity index is 1.70. The van der Waals surface area contributed by atoms with Gasteiger partial charge in [0.15, 0.2) is 0 Å². The van der Waals surface area contributed by atoms with Crippen molar-refractivity contribution in [3.05, 3.63) is 41.6 Å². The van der Waals surface area contributed by atoms with Crippen LogP contribution in [-0.2, 0) is 11.3 Å². The molecule has 174 valence electrons. The van der Waals surface area contributed by atoms with E-state index in [1.165, 1.54) is 18.6 Å². The molecule has 2 fully saturated rings. The highest BCUT2D eigenvalue weighted by Gasteiger charge is 2.33. The number of alkyl halides is 3. The van der Waals surface area contributed by atoms with Gasteiger partial charge in [-0.25, -0.2) is 0 Å². The highest BCUT2D eigenvalue weighted by atomic mass is 19.4. The number of aromatic nitrogens is 1. The van der Waals surface area contributed by atoms with Crippen LogP contribution in [0.25, 0.3) is 11.3 Å². The highest BCUT2D eigenvalue weighted by molar-refractivity contribution is 5.97. The summed E-state index contributed by atoms with van der Waals surface area (Å²) in [6.07, 6.45) is 2.26. The van der Waals surface area contributed by atoms with Crippen LogP contribution in [0.1, 0.15) is 61.0 Å². The average molecular weight is 451 g/mol. The number of hydrogen-bond acceptors (Lipinski definition) is 3. The molecule has 0 unspecified atom stereocenters. The number of rotatable bonds is 6. The molecule has 2 heterocycles. The van der Waals surface area contributed by atoms with Gasteiger partial charge in [0.05, 0.1) is 17.4 Å². The molecule has 2 aromatic rings. The van der Waals surface area contributed by atoms with E-state index < -0.39 is 6.36 Å². The molecule has 1 aliphatic heterocycles. The van der Waals surface area contributed by atoms with Gasteiger partial charge in [0, 0.05) is 30.5 Å². The first-order valence-electron chi connectivity index (χ1n) is 11.3.